The molecule has 0 aromatic heterocycles. The van der Waals surface area contributed by atoms with Crippen molar-refractivity contribution in [1.29, 1.82) is 0 Å². The fourth-order valence-electron chi connectivity index (χ4n) is 2.36. The molecule has 7 heteroatoms. The minimum absolute atomic E-state index is 0.318. The molecule has 2 atom stereocenters. The van der Waals surface area contributed by atoms with Crippen LogP contribution in [0.4, 0.5) is 8.78 Å². The fraction of sp³-hybridized carbons (Fsp3) is 0.900. The molecule has 0 radical (unpaired) electrons. The lowest BCUT2D eigenvalue weighted by Gasteiger charge is -2.46. The topological polar surface area (TPSA) is 29.5 Å². The van der Waals surface area contributed by atoms with Crippen LogP contribution in [0.1, 0.15) is 12.8 Å². The normalized spacial score (nSPS) is 34.5. The van der Waals surface area contributed by atoms with Gasteiger partial charge in [-0.25, -0.2) is 4.79 Å². The Bertz CT molecular complexity index is 297. The van der Waals surface area contributed by atoms with Crippen molar-refractivity contribution in [2.45, 2.75) is 36.3 Å². The lowest BCUT2D eigenvalue weighted by atomic mass is 9.95. The number of hydrogen-bond donors (Lipinski definition) is 1. The number of nitrogens with zero attached hydrogens (tertiary/aromatic N) is 1. The molecule has 2 fully saturated rings. The number of alkyl halides is 2. The van der Waals surface area contributed by atoms with Crippen molar-refractivity contribution in [2.24, 2.45) is 0 Å². The molecule has 0 aromatic rings. The summed E-state index contributed by atoms with van der Waals surface area (Å²) in [5, 5.41) is -3.69. The van der Waals surface area contributed by atoms with Crippen LogP contribution in [0.25, 0.3) is 0 Å². The Hall–Kier alpha value is -0.0100. The maximum Gasteiger partial charge on any atom is 0.388 e. The summed E-state index contributed by atoms with van der Waals surface area (Å²) in [5.41, 5.74) is 0. The summed E-state index contributed by atoms with van der Waals surface area (Å²) in [6.07, 6.45) is 0.873. The number of fused-ring (bicyclic) bond motifs is 2. The number of carbonyl (C=O) groups excluding carboxylic acids is 1. The van der Waals surface area contributed by atoms with Crippen LogP contribution in [0.3, 0.4) is 0 Å². The van der Waals surface area contributed by atoms with E-state index in [2.05, 4.69) is 17.5 Å². The third-order valence-electron chi connectivity index (χ3n) is 3.36. The highest BCUT2D eigenvalue weighted by Crippen LogP contribution is 2.33. The Morgan fingerprint density at radius 3 is 2.41 bits per heavy atom. The van der Waals surface area contributed by atoms with Crippen LogP contribution in [0, 0.1) is 0 Å². The van der Waals surface area contributed by atoms with Crippen LogP contribution in [0.2, 0.25) is 0 Å². The number of esters is 1. The van der Waals surface area contributed by atoms with Gasteiger partial charge in [-0.1, -0.05) is 12.6 Å². The number of hydrogen-bond acceptors (Lipinski definition) is 5. The molecule has 0 N–H and O–H groups in total. The second-order valence-corrected chi connectivity index (χ2v) is 6.19. The van der Waals surface area contributed by atoms with Gasteiger partial charge in [0, 0.05) is 36.4 Å². The van der Waals surface area contributed by atoms with Crippen LogP contribution in [-0.2, 0) is 9.53 Å². The molecule has 0 aromatic carbocycles. The molecular weight excluding hydrogens is 268 g/mol. The van der Waals surface area contributed by atoms with Gasteiger partial charge in [0.15, 0.2) is 0 Å². The van der Waals surface area contributed by atoms with E-state index in [1.54, 1.807) is 0 Å². The summed E-state index contributed by atoms with van der Waals surface area (Å²) in [5.74, 6) is 0.414. The van der Waals surface area contributed by atoms with Gasteiger partial charge in [-0.2, -0.15) is 20.5 Å². The molecule has 2 saturated heterocycles. The summed E-state index contributed by atoms with van der Waals surface area (Å²) in [6, 6.07) is 0.637. The molecule has 3 nitrogen and oxygen atoms in total. The number of halogens is 2. The molecular formula is C10H15F2NO2S2. The Labute approximate surface area is 109 Å². The second-order valence-electron chi connectivity index (χ2n) is 4.55. The molecule has 2 unspecified atom stereocenters. The van der Waals surface area contributed by atoms with E-state index in [9.17, 15) is 13.6 Å². The predicted octanol–water partition coefficient (Wildman–Crippen LogP) is 1.63. The van der Waals surface area contributed by atoms with Gasteiger partial charge in [0.25, 0.3) is 0 Å². The summed E-state index contributed by atoms with van der Waals surface area (Å²) in [7, 11) is 2.04. The summed E-state index contributed by atoms with van der Waals surface area (Å²) < 4.78 is 30.1. The molecule has 2 heterocycles. The summed E-state index contributed by atoms with van der Waals surface area (Å²) >= 11 is 4.80. The molecule has 2 aliphatic rings. The zero-order chi connectivity index (χ0) is 12.6. The van der Waals surface area contributed by atoms with Crippen molar-refractivity contribution in [3.63, 3.8) is 0 Å². The van der Waals surface area contributed by atoms with E-state index < -0.39 is 17.3 Å². The molecule has 98 valence electrons. The molecule has 2 aliphatic heterocycles. The predicted molar refractivity (Wildman–Crippen MR) is 65.7 cm³/mol. The van der Waals surface area contributed by atoms with Crippen LogP contribution in [0.15, 0.2) is 0 Å². The first-order chi connectivity index (χ1) is 7.88. The van der Waals surface area contributed by atoms with Crippen LogP contribution in [0.5, 0.6) is 0 Å². The molecule has 0 spiro atoms. The number of thioether (sulfide) groups is 1. The average Bonchev–Trinajstić information content (AvgIpc) is 2.18. The fourth-order valence-corrected chi connectivity index (χ4v) is 3.84. The average molecular weight is 283 g/mol. The first kappa shape index (κ1) is 13.4. The van der Waals surface area contributed by atoms with Gasteiger partial charge in [-0.15, -0.1) is 0 Å². The number of ether oxygens (including phenoxy) is 1. The third-order valence-corrected chi connectivity index (χ3v) is 4.79. The Kier molecular flexibility index (Phi) is 3.89. The van der Waals surface area contributed by atoms with E-state index in [-0.39, 0.29) is 0 Å². The van der Waals surface area contributed by atoms with Crippen LogP contribution in [-0.4, -0.2) is 52.9 Å². The molecule has 0 amide bonds. The van der Waals surface area contributed by atoms with Crippen molar-refractivity contribution in [2.75, 3.05) is 18.6 Å². The largest absolute Gasteiger partial charge is 0.457 e. The van der Waals surface area contributed by atoms with Gasteiger partial charge in [0.05, 0.1) is 0 Å². The zero-order valence-electron chi connectivity index (χ0n) is 9.44. The molecule has 0 saturated carbocycles. The smallest absolute Gasteiger partial charge is 0.388 e. The highest BCUT2D eigenvalue weighted by atomic mass is 32.2. The van der Waals surface area contributed by atoms with Crippen LogP contribution >= 0.6 is 24.4 Å². The third kappa shape index (κ3) is 3.06. The van der Waals surface area contributed by atoms with Crippen molar-refractivity contribution >= 4 is 30.4 Å². The van der Waals surface area contributed by atoms with E-state index in [1.165, 1.54) is 0 Å². The van der Waals surface area contributed by atoms with E-state index in [0.717, 1.165) is 11.5 Å². The number of carbonyl (C=O) groups is 1. The van der Waals surface area contributed by atoms with Gasteiger partial charge in [0.1, 0.15) is 6.10 Å². The Morgan fingerprint density at radius 2 is 1.94 bits per heavy atom. The van der Waals surface area contributed by atoms with Crippen molar-refractivity contribution in [3.8, 4) is 0 Å². The lowest BCUT2D eigenvalue weighted by molar-refractivity contribution is -0.169. The first-order valence-corrected chi connectivity index (χ1v) is 7.09. The minimum atomic E-state index is -3.69. The van der Waals surface area contributed by atoms with Crippen molar-refractivity contribution < 1.29 is 18.3 Å². The Morgan fingerprint density at radius 1 is 1.41 bits per heavy atom. The van der Waals surface area contributed by atoms with Gasteiger partial charge in [-0.3, -0.25) is 4.90 Å². The molecule has 17 heavy (non-hydrogen) atoms. The maximum atomic E-state index is 12.6. The van der Waals surface area contributed by atoms with Gasteiger partial charge >= 0.3 is 11.2 Å². The van der Waals surface area contributed by atoms with E-state index >= 15 is 0 Å². The SMILES string of the molecule is CN1C2CSCC1CC(OC(=O)C(F)(F)S)C2. The first-order valence-electron chi connectivity index (χ1n) is 5.49. The highest BCUT2D eigenvalue weighted by molar-refractivity contribution is 7.99. The quantitative estimate of drug-likeness (QED) is 0.616. The Balaban J connectivity index is 1.94. The zero-order valence-corrected chi connectivity index (χ0v) is 11.1. The highest BCUT2D eigenvalue weighted by Gasteiger charge is 2.42. The summed E-state index contributed by atoms with van der Waals surface area (Å²) in [4.78, 5) is 13.3. The van der Waals surface area contributed by atoms with Crippen LogP contribution < -0.4 is 0 Å². The van der Waals surface area contributed by atoms with Gasteiger partial charge in [-0.05, 0) is 7.05 Å². The van der Waals surface area contributed by atoms with E-state index in [1.807, 2.05) is 18.8 Å². The maximum absolute atomic E-state index is 12.6. The molecule has 2 rings (SSSR count). The van der Waals surface area contributed by atoms with Crippen molar-refractivity contribution in [1.82, 2.24) is 4.90 Å². The van der Waals surface area contributed by atoms with Crippen molar-refractivity contribution in [3.05, 3.63) is 0 Å². The van der Waals surface area contributed by atoms with E-state index in [4.69, 9.17) is 4.74 Å². The number of thiol groups is 1. The molecule has 0 aliphatic carbocycles. The number of rotatable bonds is 2. The summed E-state index contributed by atoms with van der Waals surface area (Å²) in [6.45, 7) is 0. The second kappa shape index (κ2) is 4.93. The minimum Gasteiger partial charge on any atom is -0.457 e. The van der Waals surface area contributed by atoms with E-state index in [0.29, 0.717) is 24.9 Å². The van der Waals surface area contributed by atoms with Gasteiger partial charge < -0.3 is 4.74 Å². The van der Waals surface area contributed by atoms with Gasteiger partial charge in [0.2, 0.25) is 0 Å². The monoisotopic (exact) mass is 283 g/mol. The lowest BCUT2D eigenvalue weighted by Crippen LogP contribution is -2.54. The number of piperidine rings is 1. The molecule has 2 bridgehead atoms. The standard InChI is InChI=1S/C10H15F2NO2S2/c1-13-6-2-8(3-7(13)5-17-4-6)15-9(14)10(11,12)16/h6-8,16H,2-5H2,1H3.